The average molecular weight is 356 g/mol. The fourth-order valence-electron chi connectivity index (χ4n) is 3.23. The van der Waals surface area contributed by atoms with Gasteiger partial charge in [-0.1, -0.05) is 76.6 Å². The van der Waals surface area contributed by atoms with Gasteiger partial charge in [0.25, 0.3) is 0 Å². The quantitative estimate of drug-likeness (QED) is 0.438. The number of benzene rings is 1. The number of unbranched alkanes of at least 4 members (excludes halogenated alkanes) is 5. The molecular weight excluding hydrogens is 318 g/mol. The number of aliphatic hydroxyl groups is 1. The number of hydrogen-bond acceptors (Lipinski definition) is 2. The Morgan fingerprint density at radius 2 is 1.54 bits per heavy atom. The molecule has 0 aliphatic carbocycles. The molecular formula is C21H38ClNO. The highest BCUT2D eigenvalue weighted by molar-refractivity contribution is 5.85. The van der Waals surface area contributed by atoms with Gasteiger partial charge in [0, 0.05) is 12.6 Å². The van der Waals surface area contributed by atoms with Gasteiger partial charge >= 0.3 is 0 Å². The summed E-state index contributed by atoms with van der Waals surface area (Å²) in [6.45, 7) is 4.67. The maximum atomic E-state index is 9.42. The molecule has 2 nitrogen and oxygen atoms in total. The van der Waals surface area contributed by atoms with Gasteiger partial charge in [0.05, 0.1) is 0 Å². The van der Waals surface area contributed by atoms with Gasteiger partial charge in [-0.05, 0) is 42.7 Å². The second-order valence-corrected chi connectivity index (χ2v) is 6.94. The summed E-state index contributed by atoms with van der Waals surface area (Å²) < 4.78 is 0. The SMILES string of the molecule is CCCCCCCCc1ccc(C(N)CC(CO)CCC)cc1.Cl. The number of hydrogen-bond donors (Lipinski definition) is 2. The van der Waals surface area contributed by atoms with Crippen molar-refractivity contribution < 1.29 is 5.11 Å². The molecule has 0 bridgehead atoms. The zero-order valence-electron chi connectivity index (χ0n) is 15.7. The summed E-state index contributed by atoms with van der Waals surface area (Å²) in [7, 11) is 0. The summed E-state index contributed by atoms with van der Waals surface area (Å²) in [5.74, 6) is 0.331. The van der Waals surface area contributed by atoms with Crippen LogP contribution in [-0.4, -0.2) is 11.7 Å². The van der Waals surface area contributed by atoms with Crippen LogP contribution in [-0.2, 0) is 6.42 Å². The van der Waals surface area contributed by atoms with E-state index in [1.54, 1.807) is 0 Å². The van der Waals surface area contributed by atoms with Crippen molar-refractivity contribution in [3.05, 3.63) is 35.4 Å². The Kier molecular flexibility index (Phi) is 14.4. The van der Waals surface area contributed by atoms with Crippen LogP contribution in [0.25, 0.3) is 0 Å². The van der Waals surface area contributed by atoms with Gasteiger partial charge in [0.1, 0.15) is 0 Å². The molecule has 0 radical (unpaired) electrons. The standard InChI is InChI=1S/C21H37NO.ClH/c1-3-5-6-7-8-9-11-18-12-14-20(15-13-18)21(22)16-19(17-23)10-4-2;/h12-15,19,21,23H,3-11,16-17,22H2,1-2H3;1H. The summed E-state index contributed by atoms with van der Waals surface area (Å²) in [6.07, 6.45) is 12.3. The molecule has 2 unspecified atom stereocenters. The minimum Gasteiger partial charge on any atom is -0.396 e. The van der Waals surface area contributed by atoms with Crippen LogP contribution >= 0.6 is 12.4 Å². The fourth-order valence-corrected chi connectivity index (χ4v) is 3.23. The number of rotatable bonds is 13. The molecule has 0 aliphatic rings. The molecule has 1 rings (SSSR count). The highest BCUT2D eigenvalue weighted by atomic mass is 35.5. The first-order valence-corrected chi connectivity index (χ1v) is 9.66. The fraction of sp³-hybridized carbons (Fsp3) is 0.714. The van der Waals surface area contributed by atoms with Crippen molar-refractivity contribution in [3.8, 4) is 0 Å². The van der Waals surface area contributed by atoms with Crippen LogP contribution in [0.3, 0.4) is 0 Å². The van der Waals surface area contributed by atoms with E-state index in [1.807, 2.05) is 0 Å². The Hall–Kier alpha value is -0.570. The maximum Gasteiger partial charge on any atom is 0.0459 e. The summed E-state index contributed by atoms with van der Waals surface area (Å²) >= 11 is 0. The first kappa shape index (κ1) is 23.4. The van der Waals surface area contributed by atoms with Crippen LogP contribution in [0.4, 0.5) is 0 Å². The number of aliphatic hydroxyl groups excluding tert-OH is 1. The van der Waals surface area contributed by atoms with Crippen molar-refractivity contribution >= 4 is 12.4 Å². The lowest BCUT2D eigenvalue weighted by Crippen LogP contribution is -2.17. The molecule has 3 heteroatoms. The van der Waals surface area contributed by atoms with Gasteiger partial charge in [0.15, 0.2) is 0 Å². The Labute approximate surface area is 155 Å². The molecule has 3 N–H and O–H groups in total. The van der Waals surface area contributed by atoms with Crippen LogP contribution in [0, 0.1) is 5.92 Å². The lowest BCUT2D eigenvalue weighted by molar-refractivity contribution is 0.202. The summed E-state index contributed by atoms with van der Waals surface area (Å²) in [6, 6.07) is 8.86. The van der Waals surface area contributed by atoms with E-state index in [2.05, 4.69) is 38.1 Å². The zero-order chi connectivity index (χ0) is 16.9. The van der Waals surface area contributed by atoms with Crippen LogP contribution in [0.2, 0.25) is 0 Å². The lowest BCUT2D eigenvalue weighted by Gasteiger charge is -2.19. The lowest BCUT2D eigenvalue weighted by atomic mass is 9.92. The summed E-state index contributed by atoms with van der Waals surface area (Å²) in [5, 5.41) is 9.42. The third-order valence-electron chi connectivity index (χ3n) is 4.77. The van der Waals surface area contributed by atoms with Gasteiger partial charge < -0.3 is 10.8 Å². The first-order chi connectivity index (χ1) is 11.2. The summed E-state index contributed by atoms with van der Waals surface area (Å²) in [5.41, 5.74) is 8.93. The Morgan fingerprint density at radius 1 is 0.917 bits per heavy atom. The molecule has 0 saturated heterocycles. The first-order valence-electron chi connectivity index (χ1n) is 9.66. The van der Waals surface area contributed by atoms with E-state index in [9.17, 15) is 5.11 Å². The van der Waals surface area contributed by atoms with Gasteiger partial charge in [-0.3, -0.25) is 0 Å². The predicted molar refractivity (Wildman–Crippen MR) is 108 cm³/mol. The molecule has 24 heavy (non-hydrogen) atoms. The minimum atomic E-state index is 0. The van der Waals surface area contributed by atoms with E-state index in [4.69, 9.17) is 5.73 Å². The van der Waals surface area contributed by atoms with Gasteiger partial charge in [-0.25, -0.2) is 0 Å². The van der Waals surface area contributed by atoms with Crippen molar-refractivity contribution in [2.45, 2.75) is 84.1 Å². The van der Waals surface area contributed by atoms with Crippen LogP contribution in [0.5, 0.6) is 0 Å². The highest BCUT2D eigenvalue weighted by Gasteiger charge is 2.13. The van der Waals surface area contributed by atoms with Gasteiger partial charge in [-0.15, -0.1) is 12.4 Å². The van der Waals surface area contributed by atoms with E-state index in [0.29, 0.717) is 5.92 Å². The smallest absolute Gasteiger partial charge is 0.0459 e. The van der Waals surface area contributed by atoms with Crippen LogP contribution in [0.15, 0.2) is 24.3 Å². The third-order valence-corrected chi connectivity index (χ3v) is 4.77. The molecule has 0 aliphatic heterocycles. The maximum absolute atomic E-state index is 9.42. The Morgan fingerprint density at radius 3 is 2.12 bits per heavy atom. The van der Waals surface area contributed by atoms with Gasteiger partial charge in [0.2, 0.25) is 0 Å². The van der Waals surface area contributed by atoms with E-state index >= 15 is 0 Å². The number of nitrogens with two attached hydrogens (primary N) is 1. The molecule has 140 valence electrons. The van der Waals surface area contributed by atoms with Crippen molar-refractivity contribution in [2.24, 2.45) is 11.7 Å². The normalized spacial score (nSPS) is 13.3. The largest absolute Gasteiger partial charge is 0.396 e. The second kappa shape index (κ2) is 14.7. The molecule has 2 atom stereocenters. The second-order valence-electron chi connectivity index (χ2n) is 6.94. The van der Waals surface area contributed by atoms with Crippen LogP contribution in [0.1, 0.15) is 88.8 Å². The molecule has 0 saturated carbocycles. The van der Waals surface area contributed by atoms with Crippen molar-refractivity contribution in [1.29, 1.82) is 0 Å². The van der Waals surface area contributed by atoms with E-state index in [-0.39, 0.29) is 25.1 Å². The zero-order valence-corrected chi connectivity index (χ0v) is 16.5. The van der Waals surface area contributed by atoms with Crippen molar-refractivity contribution in [1.82, 2.24) is 0 Å². The number of halogens is 1. The third kappa shape index (κ3) is 9.66. The summed E-state index contributed by atoms with van der Waals surface area (Å²) in [4.78, 5) is 0. The Balaban J connectivity index is 0.00000529. The molecule has 1 aromatic carbocycles. The molecule has 0 heterocycles. The molecule has 1 aromatic rings. The molecule has 0 fully saturated rings. The van der Waals surface area contributed by atoms with Crippen LogP contribution < -0.4 is 5.73 Å². The minimum absolute atomic E-state index is 0. The van der Waals surface area contributed by atoms with E-state index < -0.39 is 0 Å². The molecule has 0 spiro atoms. The van der Waals surface area contributed by atoms with E-state index in [0.717, 1.165) is 19.3 Å². The molecule has 0 amide bonds. The monoisotopic (exact) mass is 355 g/mol. The highest BCUT2D eigenvalue weighted by Crippen LogP contribution is 2.22. The predicted octanol–water partition coefficient (Wildman–Crippen LogP) is 5.81. The van der Waals surface area contributed by atoms with E-state index in [1.165, 1.54) is 56.1 Å². The van der Waals surface area contributed by atoms with Crippen molar-refractivity contribution in [2.75, 3.05) is 6.61 Å². The Bertz CT molecular complexity index is 393. The topological polar surface area (TPSA) is 46.2 Å². The van der Waals surface area contributed by atoms with Crippen molar-refractivity contribution in [3.63, 3.8) is 0 Å². The average Bonchev–Trinajstić information content (AvgIpc) is 2.58. The van der Waals surface area contributed by atoms with Gasteiger partial charge in [-0.2, -0.15) is 0 Å². The molecule has 0 aromatic heterocycles. The number of aryl methyl sites for hydroxylation is 1.